The molecule has 0 unspecified atom stereocenters. The van der Waals surface area contributed by atoms with Crippen molar-refractivity contribution < 1.29 is 0 Å². The van der Waals surface area contributed by atoms with Gasteiger partial charge in [0.15, 0.2) is 0 Å². The summed E-state index contributed by atoms with van der Waals surface area (Å²) in [6.07, 6.45) is 6.99. The van der Waals surface area contributed by atoms with Gasteiger partial charge in [0.1, 0.15) is 0 Å². The first-order valence-electron chi connectivity index (χ1n) is 6.24. The minimum absolute atomic E-state index is 0.803. The lowest BCUT2D eigenvalue weighted by Crippen LogP contribution is -2.34. The van der Waals surface area contributed by atoms with Crippen LogP contribution in [0.15, 0.2) is 24.3 Å². The monoisotopic (exact) mass is 201 g/mol. The van der Waals surface area contributed by atoms with E-state index in [1.807, 2.05) is 0 Å². The summed E-state index contributed by atoms with van der Waals surface area (Å²) in [4.78, 5) is 0. The van der Waals surface area contributed by atoms with Gasteiger partial charge in [0, 0.05) is 12.6 Å². The summed E-state index contributed by atoms with van der Waals surface area (Å²) < 4.78 is 0. The van der Waals surface area contributed by atoms with Crippen molar-refractivity contribution in [3.05, 3.63) is 35.4 Å². The number of hydrogen-bond donors (Lipinski definition) is 1. The molecule has 0 aromatic heterocycles. The third kappa shape index (κ3) is 2.07. The van der Waals surface area contributed by atoms with Gasteiger partial charge in [-0.3, -0.25) is 0 Å². The standard InChI is InChI=1S/C14H19N/c1-2-7-14(11-8-9-11)12(4-1)10-15-13-5-3-6-13/h1-2,4,7,11,13,15H,3,5-6,8-10H2. The molecule has 1 heteroatoms. The number of hydrogen-bond acceptors (Lipinski definition) is 1. The molecule has 0 bridgehead atoms. The first kappa shape index (κ1) is 9.41. The summed E-state index contributed by atoms with van der Waals surface area (Å²) >= 11 is 0. The predicted octanol–water partition coefficient (Wildman–Crippen LogP) is 3.21. The van der Waals surface area contributed by atoms with Crippen LogP contribution in [0.3, 0.4) is 0 Å². The van der Waals surface area contributed by atoms with Gasteiger partial charge in [0.2, 0.25) is 0 Å². The van der Waals surface area contributed by atoms with Crippen LogP contribution in [0.5, 0.6) is 0 Å². The highest BCUT2D eigenvalue weighted by Crippen LogP contribution is 2.41. The van der Waals surface area contributed by atoms with Crippen LogP contribution in [0.4, 0.5) is 0 Å². The Labute approximate surface area is 91.9 Å². The second kappa shape index (κ2) is 3.97. The molecule has 0 spiro atoms. The highest BCUT2D eigenvalue weighted by atomic mass is 14.9. The van der Waals surface area contributed by atoms with E-state index in [9.17, 15) is 0 Å². The molecule has 0 aliphatic heterocycles. The van der Waals surface area contributed by atoms with E-state index in [1.54, 1.807) is 5.56 Å². The molecule has 0 amide bonds. The highest BCUT2D eigenvalue weighted by molar-refractivity contribution is 5.33. The molecule has 15 heavy (non-hydrogen) atoms. The zero-order chi connectivity index (χ0) is 10.1. The van der Waals surface area contributed by atoms with Gasteiger partial charge >= 0.3 is 0 Å². The van der Waals surface area contributed by atoms with Crippen molar-refractivity contribution in [2.75, 3.05) is 0 Å². The molecule has 1 aromatic carbocycles. The first-order chi connectivity index (χ1) is 7.43. The topological polar surface area (TPSA) is 12.0 Å². The molecule has 2 aliphatic carbocycles. The lowest BCUT2D eigenvalue weighted by Gasteiger charge is -2.27. The lowest BCUT2D eigenvalue weighted by atomic mass is 9.92. The van der Waals surface area contributed by atoms with Crippen molar-refractivity contribution >= 4 is 0 Å². The fourth-order valence-corrected chi connectivity index (χ4v) is 2.35. The third-order valence-electron chi connectivity index (χ3n) is 3.76. The Morgan fingerprint density at radius 3 is 2.53 bits per heavy atom. The summed E-state index contributed by atoms with van der Waals surface area (Å²) in [5.41, 5.74) is 3.14. The second-order valence-electron chi connectivity index (χ2n) is 4.98. The van der Waals surface area contributed by atoms with Gasteiger partial charge in [0.25, 0.3) is 0 Å². The van der Waals surface area contributed by atoms with E-state index in [1.165, 1.54) is 37.7 Å². The largest absolute Gasteiger partial charge is 0.310 e. The average molecular weight is 201 g/mol. The fourth-order valence-electron chi connectivity index (χ4n) is 2.35. The fraction of sp³-hybridized carbons (Fsp3) is 0.571. The van der Waals surface area contributed by atoms with Gasteiger partial charge in [-0.1, -0.05) is 30.7 Å². The second-order valence-corrected chi connectivity index (χ2v) is 4.98. The summed E-state index contributed by atoms with van der Waals surface area (Å²) in [5, 5.41) is 3.66. The molecule has 3 rings (SSSR count). The van der Waals surface area contributed by atoms with Crippen LogP contribution in [-0.2, 0) is 6.54 Å². The highest BCUT2D eigenvalue weighted by Gasteiger charge is 2.25. The molecular formula is C14H19N. The van der Waals surface area contributed by atoms with E-state index >= 15 is 0 Å². The predicted molar refractivity (Wildman–Crippen MR) is 62.9 cm³/mol. The van der Waals surface area contributed by atoms with Gasteiger partial charge in [-0.05, 0) is 42.7 Å². The zero-order valence-corrected chi connectivity index (χ0v) is 9.21. The van der Waals surface area contributed by atoms with Gasteiger partial charge in [0.05, 0.1) is 0 Å². The Balaban J connectivity index is 1.66. The van der Waals surface area contributed by atoms with Crippen molar-refractivity contribution in [2.45, 2.75) is 50.6 Å². The van der Waals surface area contributed by atoms with Crippen LogP contribution in [0.2, 0.25) is 0 Å². The third-order valence-corrected chi connectivity index (χ3v) is 3.76. The molecule has 2 aliphatic rings. The quantitative estimate of drug-likeness (QED) is 0.788. The molecule has 1 aromatic rings. The zero-order valence-electron chi connectivity index (χ0n) is 9.21. The van der Waals surface area contributed by atoms with E-state index in [-0.39, 0.29) is 0 Å². The first-order valence-corrected chi connectivity index (χ1v) is 6.24. The molecule has 2 fully saturated rings. The molecule has 0 saturated heterocycles. The Hall–Kier alpha value is -0.820. The Bertz CT molecular complexity index is 337. The minimum Gasteiger partial charge on any atom is -0.310 e. The smallest absolute Gasteiger partial charge is 0.0210 e. The maximum absolute atomic E-state index is 3.66. The Morgan fingerprint density at radius 1 is 1.07 bits per heavy atom. The van der Waals surface area contributed by atoms with E-state index in [0.717, 1.165) is 18.5 Å². The summed E-state index contributed by atoms with van der Waals surface area (Å²) in [7, 11) is 0. The molecule has 80 valence electrons. The molecule has 0 atom stereocenters. The van der Waals surface area contributed by atoms with Gasteiger partial charge in [-0.2, -0.15) is 0 Å². The van der Waals surface area contributed by atoms with E-state index in [4.69, 9.17) is 0 Å². The molecule has 0 radical (unpaired) electrons. The van der Waals surface area contributed by atoms with Gasteiger partial charge < -0.3 is 5.32 Å². The summed E-state index contributed by atoms with van der Waals surface area (Å²) in [5.74, 6) is 0.879. The molecule has 2 saturated carbocycles. The normalized spacial score (nSPS) is 21.3. The van der Waals surface area contributed by atoms with Crippen LogP contribution < -0.4 is 5.32 Å². The number of rotatable bonds is 4. The number of benzene rings is 1. The molecule has 1 nitrogen and oxygen atoms in total. The number of nitrogens with one attached hydrogen (secondary N) is 1. The molecule has 1 N–H and O–H groups in total. The van der Waals surface area contributed by atoms with Crippen molar-refractivity contribution in [1.29, 1.82) is 0 Å². The molecule has 0 heterocycles. The van der Waals surface area contributed by atoms with E-state index in [2.05, 4.69) is 29.6 Å². The maximum Gasteiger partial charge on any atom is 0.0210 e. The van der Waals surface area contributed by atoms with Gasteiger partial charge in [-0.15, -0.1) is 0 Å². The van der Waals surface area contributed by atoms with Gasteiger partial charge in [-0.25, -0.2) is 0 Å². The molecular weight excluding hydrogens is 182 g/mol. The van der Waals surface area contributed by atoms with Crippen molar-refractivity contribution in [3.63, 3.8) is 0 Å². The van der Waals surface area contributed by atoms with Crippen LogP contribution in [0.25, 0.3) is 0 Å². The average Bonchev–Trinajstić information content (AvgIpc) is 2.99. The van der Waals surface area contributed by atoms with Crippen LogP contribution in [-0.4, -0.2) is 6.04 Å². The van der Waals surface area contributed by atoms with Crippen LogP contribution in [0.1, 0.15) is 49.1 Å². The van der Waals surface area contributed by atoms with Crippen LogP contribution >= 0.6 is 0 Å². The van der Waals surface area contributed by atoms with E-state index in [0.29, 0.717) is 0 Å². The van der Waals surface area contributed by atoms with Crippen molar-refractivity contribution in [1.82, 2.24) is 5.32 Å². The summed E-state index contributed by atoms with van der Waals surface area (Å²) in [6, 6.07) is 9.76. The SMILES string of the molecule is c1ccc(C2CC2)c(CNC2CCC2)c1. The maximum atomic E-state index is 3.66. The Morgan fingerprint density at radius 2 is 1.87 bits per heavy atom. The van der Waals surface area contributed by atoms with Crippen molar-refractivity contribution in [3.8, 4) is 0 Å². The Kier molecular flexibility index (Phi) is 2.49. The van der Waals surface area contributed by atoms with Crippen molar-refractivity contribution in [2.24, 2.45) is 0 Å². The van der Waals surface area contributed by atoms with E-state index < -0.39 is 0 Å². The minimum atomic E-state index is 0.803. The lowest BCUT2D eigenvalue weighted by molar-refractivity contribution is 0.338. The summed E-state index contributed by atoms with van der Waals surface area (Å²) in [6.45, 7) is 1.08. The van der Waals surface area contributed by atoms with Crippen LogP contribution in [0, 0.1) is 0 Å².